The molecule has 46 heavy (non-hydrogen) atoms. The van der Waals surface area contributed by atoms with Gasteiger partial charge in [0.1, 0.15) is 35.5 Å². The van der Waals surface area contributed by atoms with Crippen LogP contribution in [0.1, 0.15) is 22.6 Å². The molecule has 3 aromatic carbocycles. The molecule has 0 spiro atoms. The third kappa shape index (κ3) is 7.30. The van der Waals surface area contributed by atoms with Crippen LogP contribution in [0.4, 0.5) is 40.8 Å². The van der Waals surface area contributed by atoms with Gasteiger partial charge in [0.15, 0.2) is 5.69 Å². The Morgan fingerprint density at radius 2 is 1.65 bits per heavy atom. The van der Waals surface area contributed by atoms with Crippen LogP contribution >= 0.6 is 0 Å². The number of rotatable bonds is 9. The minimum atomic E-state index is -4.98. The Bertz CT molecular complexity index is 1810. The van der Waals surface area contributed by atoms with Crippen molar-refractivity contribution in [2.75, 3.05) is 11.3 Å². The van der Waals surface area contributed by atoms with Gasteiger partial charge in [-0.25, -0.2) is 24.5 Å². The standard InChI is InChI=1S/C28H23F8N5O4S/c1-14-39-25(27(31,32)33)12-40(14)26-21(30)8-16(17-7-20(29)19(13-44-42)24(10-17)46(2)43)9-22(26)41(38)23(11-37)15-3-5-18(6-4-15)45-28(34,35)36/h3-12,42H,13,37-38H2,1-2H3/b23-11-. The summed E-state index contributed by atoms with van der Waals surface area (Å²) < 4.78 is 127. The maximum Gasteiger partial charge on any atom is 0.573 e. The number of nitrogens with zero attached hydrogens (tertiary/aromatic N) is 3. The van der Waals surface area contributed by atoms with Crippen molar-refractivity contribution < 1.29 is 54.2 Å². The maximum absolute atomic E-state index is 16.1. The van der Waals surface area contributed by atoms with Crippen molar-refractivity contribution in [1.82, 2.24) is 9.55 Å². The highest BCUT2D eigenvalue weighted by atomic mass is 32.2. The Kier molecular flexibility index (Phi) is 9.76. The predicted octanol–water partition coefficient (Wildman–Crippen LogP) is 6.41. The number of nitrogens with two attached hydrogens (primary N) is 2. The molecular formula is C28H23F8N5O4S. The molecule has 0 aliphatic carbocycles. The molecule has 0 amide bonds. The first-order valence-corrected chi connectivity index (χ1v) is 14.2. The number of benzene rings is 3. The van der Waals surface area contributed by atoms with Crippen LogP contribution in [0.5, 0.6) is 5.75 Å². The van der Waals surface area contributed by atoms with Gasteiger partial charge in [0.2, 0.25) is 0 Å². The number of alkyl halides is 6. The number of halogens is 8. The zero-order chi connectivity index (χ0) is 34.1. The fraction of sp³-hybridized carbons (Fsp3) is 0.179. The first-order valence-electron chi connectivity index (χ1n) is 12.7. The van der Waals surface area contributed by atoms with Crippen molar-refractivity contribution in [2.24, 2.45) is 11.6 Å². The summed E-state index contributed by atoms with van der Waals surface area (Å²) in [6.07, 6.45) is -7.22. The van der Waals surface area contributed by atoms with Gasteiger partial charge in [-0.05, 0) is 66.6 Å². The van der Waals surface area contributed by atoms with Crippen LogP contribution < -0.4 is 21.3 Å². The van der Waals surface area contributed by atoms with Gasteiger partial charge < -0.3 is 10.5 Å². The number of aryl methyl sites for hydroxylation is 1. The lowest BCUT2D eigenvalue weighted by Gasteiger charge is -2.26. The maximum atomic E-state index is 16.1. The van der Waals surface area contributed by atoms with Crippen molar-refractivity contribution in [3.05, 3.63) is 95.2 Å². The normalized spacial score (nSPS) is 13.2. The van der Waals surface area contributed by atoms with E-state index in [1.807, 2.05) is 0 Å². The van der Waals surface area contributed by atoms with Crippen molar-refractivity contribution in [2.45, 2.75) is 31.0 Å². The molecule has 0 saturated carbocycles. The van der Waals surface area contributed by atoms with Crippen LogP contribution in [-0.2, 0) is 28.5 Å². The largest absolute Gasteiger partial charge is 0.573 e. The van der Waals surface area contributed by atoms with E-state index in [1.54, 1.807) is 0 Å². The summed E-state index contributed by atoms with van der Waals surface area (Å²) in [5.74, 6) is 3.35. The molecule has 0 bridgehead atoms. The number of imidazole rings is 1. The molecule has 4 rings (SSSR count). The van der Waals surface area contributed by atoms with Gasteiger partial charge in [0.05, 0.1) is 22.2 Å². The van der Waals surface area contributed by atoms with Gasteiger partial charge in [-0.3, -0.25) is 19.0 Å². The monoisotopic (exact) mass is 677 g/mol. The third-order valence-corrected chi connectivity index (χ3v) is 7.51. The number of hydrogen-bond acceptors (Lipinski definition) is 8. The molecular weight excluding hydrogens is 654 g/mol. The quantitative estimate of drug-likeness (QED) is 0.0803. The van der Waals surface area contributed by atoms with Crippen LogP contribution in [0.2, 0.25) is 0 Å². The van der Waals surface area contributed by atoms with Crippen LogP contribution in [0, 0.1) is 18.6 Å². The lowest BCUT2D eigenvalue weighted by atomic mass is 10.0. The molecule has 1 aromatic heterocycles. The summed E-state index contributed by atoms with van der Waals surface area (Å²) in [4.78, 5) is 7.36. The van der Waals surface area contributed by atoms with E-state index in [2.05, 4.69) is 14.6 Å². The molecule has 0 saturated heterocycles. The third-order valence-electron chi connectivity index (χ3n) is 6.52. The Hall–Kier alpha value is -4.52. The SMILES string of the molecule is Cc1nc(C(F)(F)F)cn1-c1c(F)cc(-c2cc(F)c(COO)c(S(C)=O)c2)cc1N(N)/C(=C\N)c1ccc(OC(F)(F)F)cc1. The van der Waals surface area contributed by atoms with Crippen LogP contribution in [-0.4, -0.2) is 31.6 Å². The second-order valence-corrected chi connectivity index (χ2v) is 10.9. The fourth-order valence-corrected chi connectivity index (χ4v) is 5.32. The fourth-order valence-electron chi connectivity index (χ4n) is 4.52. The minimum Gasteiger partial charge on any atom is -0.406 e. The Morgan fingerprint density at radius 3 is 2.17 bits per heavy atom. The molecule has 1 unspecified atom stereocenters. The first kappa shape index (κ1) is 34.4. The van der Waals surface area contributed by atoms with Crippen molar-refractivity contribution >= 4 is 22.2 Å². The molecule has 1 atom stereocenters. The Morgan fingerprint density at radius 1 is 1.04 bits per heavy atom. The van der Waals surface area contributed by atoms with E-state index < -0.39 is 58.7 Å². The molecule has 0 aliphatic heterocycles. The van der Waals surface area contributed by atoms with Crippen molar-refractivity contribution in [3.63, 3.8) is 0 Å². The van der Waals surface area contributed by atoms with Gasteiger partial charge >= 0.3 is 12.5 Å². The summed E-state index contributed by atoms with van der Waals surface area (Å²) >= 11 is 0. The summed E-state index contributed by atoms with van der Waals surface area (Å²) in [6, 6.07) is 8.38. The molecule has 5 N–H and O–H groups in total. The second kappa shape index (κ2) is 13.1. The lowest BCUT2D eigenvalue weighted by molar-refractivity contribution is -0.274. The van der Waals surface area contributed by atoms with E-state index in [0.29, 0.717) is 6.20 Å². The van der Waals surface area contributed by atoms with Crippen LogP contribution in [0.3, 0.4) is 0 Å². The average Bonchev–Trinajstić information content (AvgIpc) is 3.35. The van der Waals surface area contributed by atoms with Crippen LogP contribution in [0.15, 0.2) is 65.8 Å². The van der Waals surface area contributed by atoms with E-state index in [1.165, 1.54) is 25.3 Å². The van der Waals surface area contributed by atoms with Gasteiger partial charge in [-0.1, -0.05) is 0 Å². The highest BCUT2D eigenvalue weighted by molar-refractivity contribution is 7.84. The number of anilines is 1. The Labute approximate surface area is 257 Å². The summed E-state index contributed by atoms with van der Waals surface area (Å²) in [7, 11) is -1.83. The Balaban J connectivity index is 1.95. The van der Waals surface area contributed by atoms with Gasteiger partial charge in [0, 0.05) is 34.7 Å². The van der Waals surface area contributed by atoms with Crippen molar-refractivity contribution in [3.8, 4) is 22.6 Å². The molecule has 0 fully saturated rings. The highest BCUT2D eigenvalue weighted by Crippen LogP contribution is 2.39. The van der Waals surface area contributed by atoms with Gasteiger partial charge in [0.25, 0.3) is 0 Å². The molecule has 246 valence electrons. The first-order chi connectivity index (χ1) is 21.4. The molecule has 9 nitrogen and oxygen atoms in total. The van der Waals surface area contributed by atoms with Crippen LogP contribution in [0.25, 0.3) is 22.5 Å². The van der Waals surface area contributed by atoms with E-state index >= 15 is 8.78 Å². The molecule has 4 aromatic rings. The van der Waals surface area contributed by atoms with Crippen molar-refractivity contribution in [1.29, 1.82) is 0 Å². The minimum absolute atomic E-state index is 0.0465. The molecule has 1 heterocycles. The summed E-state index contributed by atoms with van der Waals surface area (Å²) in [5, 5.41) is 9.59. The molecule has 0 aliphatic rings. The van der Waals surface area contributed by atoms with E-state index in [4.69, 9.17) is 16.8 Å². The number of aromatic nitrogens is 2. The number of ether oxygens (including phenoxy) is 1. The summed E-state index contributed by atoms with van der Waals surface area (Å²) in [6.45, 7) is 0.515. The molecule has 18 heteroatoms. The van der Waals surface area contributed by atoms with Gasteiger partial charge in [-0.2, -0.15) is 13.2 Å². The van der Waals surface area contributed by atoms with E-state index in [-0.39, 0.29) is 44.4 Å². The van der Waals surface area contributed by atoms with E-state index in [0.717, 1.165) is 52.2 Å². The number of hydrazine groups is 1. The zero-order valence-electron chi connectivity index (χ0n) is 23.6. The average molecular weight is 678 g/mol. The predicted molar refractivity (Wildman–Crippen MR) is 150 cm³/mol. The smallest absolute Gasteiger partial charge is 0.406 e. The highest BCUT2D eigenvalue weighted by Gasteiger charge is 2.35. The second-order valence-electron chi connectivity index (χ2n) is 9.52. The van der Waals surface area contributed by atoms with Gasteiger partial charge in [-0.15, -0.1) is 13.2 Å². The zero-order valence-corrected chi connectivity index (χ0v) is 24.4. The lowest BCUT2D eigenvalue weighted by Crippen LogP contribution is -2.31. The topological polar surface area (TPSA) is 129 Å². The summed E-state index contributed by atoms with van der Waals surface area (Å²) in [5.41, 5.74) is 3.10. The molecule has 0 radical (unpaired) electrons. The van der Waals surface area contributed by atoms with E-state index in [9.17, 15) is 30.6 Å². The number of hydrogen-bond donors (Lipinski definition) is 3.